The third-order valence-corrected chi connectivity index (χ3v) is 5.49. The van der Waals surface area contributed by atoms with Crippen molar-refractivity contribution in [3.63, 3.8) is 0 Å². The molecule has 0 aliphatic carbocycles. The van der Waals surface area contributed by atoms with E-state index >= 15 is 0 Å². The van der Waals surface area contributed by atoms with Gasteiger partial charge in [-0.15, -0.1) is 23.1 Å². The van der Waals surface area contributed by atoms with Gasteiger partial charge in [0.2, 0.25) is 5.91 Å². The summed E-state index contributed by atoms with van der Waals surface area (Å²) < 4.78 is 5.45. The lowest BCUT2D eigenvalue weighted by Crippen LogP contribution is -2.22. The van der Waals surface area contributed by atoms with Gasteiger partial charge in [-0.2, -0.15) is 0 Å². The summed E-state index contributed by atoms with van der Waals surface area (Å²) in [4.78, 5) is 18.0. The van der Waals surface area contributed by atoms with E-state index in [0.29, 0.717) is 11.7 Å². The van der Waals surface area contributed by atoms with E-state index in [1.165, 1.54) is 23.1 Å². The van der Waals surface area contributed by atoms with Crippen molar-refractivity contribution in [2.45, 2.75) is 24.0 Å². The van der Waals surface area contributed by atoms with Crippen LogP contribution in [0.5, 0.6) is 5.75 Å². The molecule has 0 radical (unpaired) electrons. The Morgan fingerprint density at radius 3 is 2.62 bits per heavy atom. The third-order valence-electron chi connectivity index (χ3n) is 3.62. The number of thiazole rings is 1. The zero-order chi connectivity index (χ0) is 18.4. The molecule has 2 aromatic carbocycles. The molecule has 0 aliphatic rings. The van der Waals surface area contributed by atoms with Crippen LogP contribution >= 0.6 is 23.1 Å². The van der Waals surface area contributed by atoms with Crippen LogP contribution in [-0.4, -0.2) is 22.7 Å². The molecule has 3 rings (SSSR count). The largest absolute Gasteiger partial charge is 0.494 e. The zero-order valence-corrected chi connectivity index (χ0v) is 16.3. The molecule has 0 fully saturated rings. The Kier molecular flexibility index (Phi) is 6.30. The summed E-state index contributed by atoms with van der Waals surface area (Å²) >= 11 is 2.96. The number of carbonyl (C=O) groups is 1. The molecule has 0 aliphatic heterocycles. The molecule has 0 saturated heterocycles. The predicted octanol–water partition coefficient (Wildman–Crippen LogP) is 5.33. The second-order valence-electron chi connectivity index (χ2n) is 5.56. The van der Waals surface area contributed by atoms with Crippen LogP contribution in [0.25, 0.3) is 11.3 Å². The number of nitrogens with one attached hydrogen (secondary N) is 1. The summed E-state index contributed by atoms with van der Waals surface area (Å²) in [7, 11) is 0. The molecule has 134 valence electrons. The topological polar surface area (TPSA) is 51.2 Å². The number of nitrogens with zero attached hydrogens (tertiary/aromatic N) is 1. The van der Waals surface area contributed by atoms with Crippen LogP contribution in [-0.2, 0) is 4.79 Å². The summed E-state index contributed by atoms with van der Waals surface area (Å²) in [5.41, 5.74) is 1.84. The van der Waals surface area contributed by atoms with E-state index in [1.54, 1.807) is 0 Å². The summed E-state index contributed by atoms with van der Waals surface area (Å²) in [6.45, 7) is 4.50. The number of ether oxygens (including phenoxy) is 1. The molecule has 0 spiro atoms. The first-order valence-corrected chi connectivity index (χ1v) is 10.1. The van der Waals surface area contributed by atoms with E-state index in [1.807, 2.05) is 73.8 Å². The van der Waals surface area contributed by atoms with Crippen LogP contribution in [0.4, 0.5) is 5.13 Å². The SMILES string of the molecule is CCOc1ccc(-c2csc(NC(=O)C(C)Sc3ccccc3)n2)cc1. The Morgan fingerprint density at radius 1 is 1.19 bits per heavy atom. The molecule has 1 atom stereocenters. The van der Waals surface area contributed by atoms with Gasteiger partial charge in [0, 0.05) is 15.8 Å². The van der Waals surface area contributed by atoms with E-state index in [2.05, 4.69) is 10.3 Å². The number of aromatic nitrogens is 1. The van der Waals surface area contributed by atoms with Crippen molar-refractivity contribution < 1.29 is 9.53 Å². The molecular weight excluding hydrogens is 364 g/mol. The monoisotopic (exact) mass is 384 g/mol. The molecule has 1 heterocycles. The number of anilines is 1. The molecule has 0 saturated carbocycles. The fraction of sp³-hybridized carbons (Fsp3) is 0.200. The van der Waals surface area contributed by atoms with Gasteiger partial charge in [-0.25, -0.2) is 4.98 Å². The van der Waals surface area contributed by atoms with Crippen LogP contribution in [0.1, 0.15) is 13.8 Å². The number of thioether (sulfide) groups is 1. The highest BCUT2D eigenvalue weighted by Crippen LogP contribution is 2.28. The second kappa shape index (κ2) is 8.87. The van der Waals surface area contributed by atoms with Gasteiger partial charge in [0.1, 0.15) is 5.75 Å². The first kappa shape index (κ1) is 18.5. The van der Waals surface area contributed by atoms with Gasteiger partial charge >= 0.3 is 0 Å². The minimum atomic E-state index is -0.199. The summed E-state index contributed by atoms with van der Waals surface area (Å²) in [6, 6.07) is 17.7. The molecule has 4 nitrogen and oxygen atoms in total. The lowest BCUT2D eigenvalue weighted by atomic mass is 10.2. The fourth-order valence-electron chi connectivity index (χ4n) is 2.32. The predicted molar refractivity (Wildman–Crippen MR) is 109 cm³/mol. The Morgan fingerprint density at radius 2 is 1.92 bits per heavy atom. The molecule has 1 N–H and O–H groups in total. The Labute approximate surface area is 161 Å². The molecule has 3 aromatic rings. The number of benzene rings is 2. The number of amides is 1. The van der Waals surface area contributed by atoms with Crippen molar-refractivity contribution >= 4 is 34.1 Å². The molecule has 1 amide bonds. The Hall–Kier alpha value is -2.31. The minimum Gasteiger partial charge on any atom is -0.494 e. The normalized spacial score (nSPS) is 11.8. The van der Waals surface area contributed by atoms with Crippen LogP contribution in [0, 0.1) is 0 Å². The lowest BCUT2D eigenvalue weighted by molar-refractivity contribution is -0.115. The van der Waals surface area contributed by atoms with Crippen LogP contribution in [0.2, 0.25) is 0 Å². The molecular formula is C20H20N2O2S2. The number of rotatable bonds is 7. The number of hydrogen-bond donors (Lipinski definition) is 1. The number of carbonyl (C=O) groups excluding carboxylic acids is 1. The summed E-state index contributed by atoms with van der Waals surface area (Å²) in [6.07, 6.45) is 0. The van der Waals surface area contributed by atoms with Crippen molar-refractivity contribution in [3.05, 3.63) is 60.0 Å². The van der Waals surface area contributed by atoms with Gasteiger partial charge < -0.3 is 10.1 Å². The first-order chi connectivity index (χ1) is 12.7. The molecule has 1 aromatic heterocycles. The first-order valence-electron chi connectivity index (χ1n) is 8.37. The smallest absolute Gasteiger partial charge is 0.239 e. The highest BCUT2D eigenvalue weighted by Gasteiger charge is 2.16. The Bertz CT molecular complexity index is 848. The Balaban J connectivity index is 1.61. The number of hydrogen-bond acceptors (Lipinski definition) is 5. The fourth-order valence-corrected chi connectivity index (χ4v) is 3.93. The molecule has 0 bridgehead atoms. The van der Waals surface area contributed by atoms with Gasteiger partial charge in [0.15, 0.2) is 5.13 Å². The third kappa shape index (κ3) is 4.86. The van der Waals surface area contributed by atoms with Gasteiger partial charge in [-0.3, -0.25) is 4.79 Å². The van der Waals surface area contributed by atoms with Crippen LogP contribution in [0.3, 0.4) is 0 Å². The van der Waals surface area contributed by atoms with Crippen molar-refractivity contribution in [2.75, 3.05) is 11.9 Å². The summed E-state index contributed by atoms with van der Waals surface area (Å²) in [5.74, 6) is 0.790. The minimum absolute atomic E-state index is 0.0496. The van der Waals surface area contributed by atoms with Crippen molar-refractivity contribution in [2.24, 2.45) is 0 Å². The van der Waals surface area contributed by atoms with Gasteiger partial charge in [-0.05, 0) is 50.2 Å². The molecule has 26 heavy (non-hydrogen) atoms. The van der Waals surface area contributed by atoms with E-state index in [4.69, 9.17) is 4.74 Å². The van der Waals surface area contributed by atoms with Gasteiger partial charge in [-0.1, -0.05) is 18.2 Å². The van der Waals surface area contributed by atoms with Gasteiger partial charge in [0.25, 0.3) is 0 Å². The van der Waals surface area contributed by atoms with Crippen LogP contribution < -0.4 is 10.1 Å². The summed E-state index contributed by atoms with van der Waals surface area (Å²) in [5, 5.41) is 5.26. The van der Waals surface area contributed by atoms with Crippen molar-refractivity contribution in [1.82, 2.24) is 4.98 Å². The van der Waals surface area contributed by atoms with E-state index < -0.39 is 0 Å². The van der Waals surface area contributed by atoms with Crippen LogP contribution in [0.15, 0.2) is 64.9 Å². The second-order valence-corrected chi connectivity index (χ2v) is 7.83. The maximum Gasteiger partial charge on any atom is 0.239 e. The quantitative estimate of drug-likeness (QED) is 0.560. The van der Waals surface area contributed by atoms with E-state index in [-0.39, 0.29) is 11.2 Å². The van der Waals surface area contributed by atoms with E-state index in [0.717, 1.165) is 21.9 Å². The molecule has 1 unspecified atom stereocenters. The standard InChI is InChI=1S/C20H20N2O2S2/c1-3-24-16-11-9-15(10-12-16)18-13-25-20(21-18)22-19(23)14(2)26-17-7-5-4-6-8-17/h4-14H,3H2,1-2H3,(H,21,22,23). The van der Waals surface area contributed by atoms with Gasteiger partial charge in [0.05, 0.1) is 17.6 Å². The van der Waals surface area contributed by atoms with E-state index in [9.17, 15) is 4.79 Å². The van der Waals surface area contributed by atoms with Crippen molar-refractivity contribution in [1.29, 1.82) is 0 Å². The highest BCUT2D eigenvalue weighted by atomic mass is 32.2. The highest BCUT2D eigenvalue weighted by molar-refractivity contribution is 8.00. The molecule has 6 heteroatoms. The van der Waals surface area contributed by atoms with Crippen molar-refractivity contribution in [3.8, 4) is 17.0 Å². The average Bonchev–Trinajstić information content (AvgIpc) is 3.12. The average molecular weight is 385 g/mol. The maximum atomic E-state index is 12.4. The zero-order valence-electron chi connectivity index (χ0n) is 14.6. The maximum absolute atomic E-state index is 12.4. The lowest BCUT2D eigenvalue weighted by Gasteiger charge is -2.10.